The van der Waals surface area contributed by atoms with Gasteiger partial charge in [-0.2, -0.15) is 0 Å². The lowest BCUT2D eigenvalue weighted by molar-refractivity contribution is -0.152. The van der Waals surface area contributed by atoms with Crippen molar-refractivity contribution in [2.45, 2.75) is 19.0 Å². The van der Waals surface area contributed by atoms with Gasteiger partial charge in [-0.1, -0.05) is 24.3 Å². The van der Waals surface area contributed by atoms with Crippen LogP contribution in [0.25, 0.3) is 0 Å². The van der Waals surface area contributed by atoms with Crippen LogP contribution in [0.1, 0.15) is 21.5 Å². The van der Waals surface area contributed by atoms with Crippen molar-refractivity contribution in [2.24, 2.45) is 0 Å². The first-order chi connectivity index (χ1) is 14.4. The zero-order valence-corrected chi connectivity index (χ0v) is 17.3. The fourth-order valence-electron chi connectivity index (χ4n) is 3.55. The summed E-state index contributed by atoms with van der Waals surface area (Å²) in [4.78, 5) is 39.8. The molecule has 1 aliphatic heterocycles. The molecule has 30 heavy (non-hydrogen) atoms. The fourth-order valence-corrected chi connectivity index (χ4v) is 3.55. The van der Waals surface area contributed by atoms with E-state index in [1.54, 1.807) is 0 Å². The average molecular weight is 413 g/mol. The number of esters is 1. The Labute approximate surface area is 174 Å². The minimum Gasteiger partial charge on any atom is -0.493 e. The number of ketones is 1. The first kappa shape index (κ1) is 21.2. The van der Waals surface area contributed by atoms with E-state index < -0.39 is 23.7 Å². The molecule has 1 aliphatic rings. The third kappa shape index (κ3) is 3.80. The number of hydrogen-bond acceptors (Lipinski definition) is 7. The molecule has 1 heterocycles. The predicted octanol–water partition coefficient (Wildman–Crippen LogP) is 2.02. The van der Waals surface area contributed by atoms with Gasteiger partial charge in [-0.05, 0) is 23.3 Å². The second-order valence-corrected chi connectivity index (χ2v) is 6.69. The molecule has 0 unspecified atom stereocenters. The number of amides is 1. The van der Waals surface area contributed by atoms with Gasteiger partial charge in [0.1, 0.15) is 6.04 Å². The lowest BCUT2D eigenvalue weighted by atomic mass is 9.93. The molecular formula is C22H23NO7. The van der Waals surface area contributed by atoms with Crippen molar-refractivity contribution in [3.8, 4) is 17.2 Å². The highest BCUT2D eigenvalue weighted by molar-refractivity contribution is 6.43. The summed E-state index contributed by atoms with van der Waals surface area (Å²) in [5.41, 5.74) is 1.89. The van der Waals surface area contributed by atoms with E-state index in [-0.39, 0.29) is 30.0 Å². The molecule has 0 radical (unpaired) electrons. The summed E-state index contributed by atoms with van der Waals surface area (Å²) in [6.07, 6.45) is 0.275. The molecule has 1 atom stereocenters. The molecule has 0 aromatic heterocycles. The molecule has 0 saturated carbocycles. The molecular weight excluding hydrogens is 390 g/mol. The molecule has 0 saturated heterocycles. The van der Waals surface area contributed by atoms with Crippen LogP contribution in [0.15, 0.2) is 36.4 Å². The van der Waals surface area contributed by atoms with Crippen molar-refractivity contribution in [2.75, 3.05) is 28.4 Å². The highest BCUT2D eigenvalue weighted by Crippen LogP contribution is 2.38. The molecule has 0 fully saturated rings. The average Bonchev–Trinajstić information content (AvgIpc) is 2.80. The van der Waals surface area contributed by atoms with Gasteiger partial charge in [0.25, 0.3) is 11.7 Å². The quantitative estimate of drug-likeness (QED) is 0.406. The Morgan fingerprint density at radius 3 is 2.03 bits per heavy atom. The van der Waals surface area contributed by atoms with Gasteiger partial charge in [-0.3, -0.25) is 9.59 Å². The smallest absolute Gasteiger partial charge is 0.328 e. The highest BCUT2D eigenvalue weighted by Gasteiger charge is 2.38. The minimum atomic E-state index is -0.886. The largest absolute Gasteiger partial charge is 0.493 e. The van der Waals surface area contributed by atoms with E-state index in [1.807, 2.05) is 24.3 Å². The van der Waals surface area contributed by atoms with Gasteiger partial charge < -0.3 is 23.8 Å². The van der Waals surface area contributed by atoms with Crippen molar-refractivity contribution >= 4 is 17.7 Å². The molecule has 8 heteroatoms. The molecule has 0 bridgehead atoms. The molecule has 2 aromatic rings. The third-order valence-electron chi connectivity index (χ3n) is 5.10. The van der Waals surface area contributed by atoms with Crippen molar-refractivity contribution < 1.29 is 33.3 Å². The summed E-state index contributed by atoms with van der Waals surface area (Å²) >= 11 is 0. The van der Waals surface area contributed by atoms with Crippen LogP contribution in [0.2, 0.25) is 0 Å². The SMILES string of the molecule is COC(=O)[C@@H]1Cc2ccccc2CN1C(=O)C(=O)c1cc(OC)c(OC)c(OC)c1. The summed E-state index contributed by atoms with van der Waals surface area (Å²) < 4.78 is 20.7. The van der Waals surface area contributed by atoms with Crippen LogP contribution in [0, 0.1) is 0 Å². The number of carbonyl (C=O) groups excluding carboxylic acids is 3. The van der Waals surface area contributed by atoms with Gasteiger partial charge in [0.05, 0.1) is 28.4 Å². The normalized spacial score (nSPS) is 15.1. The lowest BCUT2D eigenvalue weighted by Crippen LogP contribution is -2.51. The van der Waals surface area contributed by atoms with Gasteiger partial charge in [0.2, 0.25) is 5.75 Å². The fraction of sp³-hybridized carbons (Fsp3) is 0.318. The van der Waals surface area contributed by atoms with Crippen LogP contribution in [-0.2, 0) is 27.3 Å². The topological polar surface area (TPSA) is 91.4 Å². The van der Waals surface area contributed by atoms with Gasteiger partial charge in [0.15, 0.2) is 11.5 Å². The minimum absolute atomic E-state index is 0.0666. The van der Waals surface area contributed by atoms with Crippen LogP contribution in [0.3, 0.4) is 0 Å². The number of methoxy groups -OCH3 is 4. The molecule has 0 spiro atoms. The first-order valence-corrected chi connectivity index (χ1v) is 9.25. The van der Waals surface area contributed by atoms with Crippen molar-refractivity contribution in [3.05, 3.63) is 53.1 Å². The van der Waals surface area contributed by atoms with Crippen LogP contribution >= 0.6 is 0 Å². The first-order valence-electron chi connectivity index (χ1n) is 9.25. The maximum atomic E-state index is 13.1. The Kier molecular flexibility index (Phi) is 6.25. The molecule has 3 rings (SSSR count). The van der Waals surface area contributed by atoms with E-state index in [1.165, 1.54) is 45.5 Å². The zero-order valence-electron chi connectivity index (χ0n) is 17.3. The molecule has 8 nitrogen and oxygen atoms in total. The maximum Gasteiger partial charge on any atom is 0.328 e. The molecule has 2 aromatic carbocycles. The second-order valence-electron chi connectivity index (χ2n) is 6.69. The molecule has 0 aliphatic carbocycles. The van der Waals surface area contributed by atoms with E-state index in [2.05, 4.69) is 0 Å². The number of benzene rings is 2. The van der Waals surface area contributed by atoms with Crippen LogP contribution in [0.5, 0.6) is 17.2 Å². The van der Waals surface area contributed by atoms with Gasteiger partial charge in [0, 0.05) is 18.5 Å². The van der Waals surface area contributed by atoms with E-state index in [9.17, 15) is 14.4 Å². The number of fused-ring (bicyclic) bond motifs is 1. The summed E-state index contributed by atoms with van der Waals surface area (Å²) in [5, 5.41) is 0. The standard InChI is InChI=1S/C22H23NO7/c1-27-17-10-15(11-18(28-2)20(17)29-3)19(24)21(25)23-12-14-8-6-5-7-13(14)9-16(23)22(26)30-4/h5-8,10-11,16H,9,12H2,1-4H3/t16-/m0/s1. The van der Waals surface area contributed by atoms with E-state index in [4.69, 9.17) is 18.9 Å². The van der Waals surface area contributed by atoms with Crippen LogP contribution < -0.4 is 14.2 Å². The predicted molar refractivity (Wildman–Crippen MR) is 107 cm³/mol. The van der Waals surface area contributed by atoms with Gasteiger partial charge >= 0.3 is 5.97 Å². The number of carbonyl (C=O) groups is 3. The van der Waals surface area contributed by atoms with E-state index in [0.717, 1.165) is 11.1 Å². The number of Topliss-reactive ketones (excluding diaryl/α,β-unsaturated/α-hetero) is 1. The molecule has 158 valence electrons. The Hall–Kier alpha value is -3.55. The molecule has 0 N–H and O–H groups in total. The maximum absolute atomic E-state index is 13.1. The highest BCUT2D eigenvalue weighted by atomic mass is 16.5. The Morgan fingerprint density at radius 2 is 1.50 bits per heavy atom. The Balaban J connectivity index is 1.98. The van der Waals surface area contributed by atoms with Gasteiger partial charge in [-0.25, -0.2) is 4.79 Å². The third-order valence-corrected chi connectivity index (χ3v) is 5.10. The van der Waals surface area contributed by atoms with Crippen LogP contribution in [0.4, 0.5) is 0 Å². The summed E-state index contributed by atoms with van der Waals surface area (Å²) in [6.45, 7) is 0.130. The summed E-state index contributed by atoms with van der Waals surface area (Å²) in [7, 11) is 5.54. The summed E-state index contributed by atoms with van der Waals surface area (Å²) in [5.74, 6) is -1.36. The summed E-state index contributed by atoms with van der Waals surface area (Å²) in [6, 6.07) is 9.41. The Bertz CT molecular complexity index is 960. The van der Waals surface area contributed by atoms with Crippen molar-refractivity contribution in [1.29, 1.82) is 0 Å². The Morgan fingerprint density at radius 1 is 0.900 bits per heavy atom. The monoisotopic (exact) mass is 413 g/mol. The molecule has 1 amide bonds. The van der Waals surface area contributed by atoms with E-state index in [0.29, 0.717) is 5.75 Å². The number of ether oxygens (including phenoxy) is 4. The second kappa shape index (κ2) is 8.86. The van der Waals surface area contributed by atoms with Gasteiger partial charge in [-0.15, -0.1) is 0 Å². The lowest BCUT2D eigenvalue weighted by Gasteiger charge is -2.34. The number of hydrogen-bond donors (Lipinski definition) is 0. The number of rotatable bonds is 6. The zero-order chi connectivity index (χ0) is 21.8. The van der Waals surface area contributed by atoms with E-state index >= 15 is 0 Å². The van der Waals surface area contributed by atoms with Crippen molar-refractivity contribution in [3.63, 3.8) is 0 Å². The number of nitrogens with zero attached hydrogens (tertiary/aromatic N) is 1. The van der Waals surface area contributed by atoms with Crippen LogP contribution in [-0.4, -0.2) is 57.0 Å². The van der Waals surface area contributed by atoms with Crippen molar-refractivity contribution in [1.82, 2.24) is 4.90 Å².